The van der Waals surface area contributed by atoms with E-state index in [-0.39, 0.29) is 27.9 Å². The Morgan fingerprint density at radius 2 is 1.93 bits per heavy atom. The van der Waals surface area contributed by atoms with Gasteiger partial charge in [-0.2, -0.15) is 13.2 Å². The van der Waals surface area contributed by atoms with E-state index < -0.39 is 30.2 Å². The Labute approximate surface area is 167 Å². The summed E-state index contributed by atoms with van der Waals surface area (Å²) < 4.78 is 48.6. The molecule has 150 valence electrons. The topological polar surface area (TPSA) is 81.4 Å². The van der Waals surface area contributed by atoms with Crippen LogP contribution in [0.15, 0.2) is 59.1 Å². The first-order valence-electron chi connectivity index (χ1n) is 8.09. The molecule has 0 saturated carbocycles. The average molecular weight is 425 g/mol. The van der Waals surface area contributed by atoms with Gasteiger partial charge in [0.2, 0.25) is 5.76 Å². The molecule has 3 rings (SSSR count). The van der Waals surface area contributed by atoms with Gasteiger partial charge < -0.3 is 14.5 Å². The molecule has 0 spiro atoms. The third kappa shape index (κ3) is 5.14. The van der Waals surface area contributed by atoms with Crippen LogP contribution in [-0.2, 0) is 15.7 Å². The van der Waals surface area contributed by atoms with Crippen molar-refractivity contribution < 1.29 is 31.9 Å². The molecule has 1 amide bonds. The number of alkyl halides is 3. The Balaban J connectivity index is 1.62. The molecule has 3 aromatic rings. The lowest BCUT2D eigenvalue weighted by atomic mass is 10.1. The Kier molecular flexibility index (Phi) is 5.88. The van der Waals surface area contributed by atoms with Crippen LogP contribution in [0, 0.1) is 0 Å². The number of benzene rings is 1. The zero-order valence-electron chi connectivity index (χ0n) is 14.5. The first-order valence-corrected chi connectivity index (χ1v) is 8.47. The summed E-state index contributed by atoms with van der Waals surface area (Å²) >= 11 is 5.81. The van der Waals surface area contributed by atoms with Gasteiger partial charge in [0.1, 0.15) is 5.76 Å². The van der Waals surface area contributed by atoms with Gasteiger partial charge in [0.15, 0.2) is 11.8 Å². The van der Waals surface area contributed by atoms with Crippen LogP contribution in [0.5, 0.6) is 0 Å². The van der Waals surface area contributed by atoms with E-state index in [1.54, 1.807) is 6.07 Å². The number of carbonyl (C=O) groups excluding carboxylic acids is 2. The molecule has 2 aromatic heterocycles. The number of hydrogen-bond acceptors (Lipinski definition) is 5. The number of aromatic nitrogens is 1. The predicted octanol–water partition coefficient (Wildman–Crippen LogP) is 4.81. The fourth-order valence-corrected chi connectivity index (χ4v) is 2.49. The van der Waals surface area contributed by atoms with Crippen LogP contribution in [0.1, 0.15) is 16.1 Å². The first kappa shape index (κ1) is 20.4. The molecule has 0 aliphatic carbocycles. The van der Waals surface area contributed by atoms with E-state index in [0.29, 0.717) is 0 Å². The van der Waals surface area contributed by atoms with E-state index in [9.17, 15) is 22.8 Å². The highest BCUT2D eigenvalue weighted by atomic mass is 35.5. The molecule has 0 saturated heterocycles. The Morgan fingerprint density at radius 3 is 2.66 bits per heavy atom. The Morgan fingerprint density at radius 1 is 1.14 bits per heavy atom. The second kappa shape index (κ2) is 8.36. The average Bonchev–Trinajstić information content (AvgIpc) is 3.18. The number of furan rings is 1. The SMILES string of the molecule is O=C(COC(=O)c1ccc(-c2cccc(C(F)(F)F)c2)o1)Nc1cccnc1Cl. The third-order valence-corrected chi connectivity index (χ3v) is 3.95. The molecule has 2 heterocycles. The quantitative estimate of drug-likeness (QED) is 0.469. The molecule has 0 unspecified atom stereocenters. The summed E-state index contributed by atoms with van der Waals surface area (Å²) in [5.74, 6) is -1.81. The van der Waals surface area contributed by atoms with Gasteiger partial charge in [-0.05, 0) is 36.4 Å². The highest BCUT2D eigenvalue weighted by Gasteiger charge is 2.30. The molecule has 10 heteroatoms. The summed E-state index contributed by atoms with van der Waals surface area (Å²) in [6.45, 7) is -0.621. The second-order valence-corrected chi connectivity index (χ2v) is 6.07. The fourth-order valence-electron chi connectivity index (χ4n) is 2.32. The lowest BCUT2D eigenvalue weighted by Crippen LogP contribution is -2.21. The van der Waals surface area contributed by atoms with E-state index in [0.717, 1.165) is 12.1 Å². The minimum Gasteiger partial charge on any atom is -0.450 e. The number of pyridine rings is 1. The van der Waals surface area contributed by atoms with E-state index >= 15 is 0 Å². The largest absolute Gasteiger partial charge is 0.450 e. The number of anilines is 1. The number of carbonyl (C=O) groups is 2. The van der Waals surface area contributed by atoms with Crippen molar-refractivity contribution in [3.8, 4) is 11.3 Å². The molecule has 0 fully saturated rings. The van der Waals surface area contributed by atoms with Crippen molar-refractivity contribution in [1.82, 2.24) is 4.98 Å². The minimum atomic E-state index is -4.51. The molecule has 1 aromatic carbocycles. The molecule has 0 atom stereocenters. The Bertz CT molecular complexity index is 1050. The number of rotatable bonds is 5. The molecule has 6 nitrogen and oxygen atoms in total. The van der Waals surface area contributed by atoms with Gasteiger partial charge in [-0.1, -0.05) is 23.7 Å². The number of hydrogen-bond donors (Lipinski definition) is 1. The van der Waals surface area contributed by atoms with Crippen LogP contribution in [0.2, 0.25) is 5.15 Å². The summed E-state index contributed by atoms with van der Waals surface area (Å²) in [5, 5.41) is 2.49. The molecule has 0 radical (unpaired) electrons. The van der Waals surface area contributed by atoms with Crippen LogP contribution >= 0.6 is 11.6 Å². The zero-order chi connectivity index (χ0) is 21.0. The van der Waals surface area contributed by atoms with Crippen molar-refractivity contribution in [2.45, 2.75) is 6.18 Å². The maximum absolute atomic E-state index is 12.8. The maximum atomic E-state index is 12.8. The zero-order valence-corrected chi connectivity index (χ0v) is 15.3. The smallest absolute Gasteiger partial charge is 0.416 e. The van der Waals surface area contributed by atoms with Gasteiger partial charge in [-0.25, -0.2) is 9.78 Å². The molecule has 1 N–H and O–H groups in total. The van der Waals surface area contributed by atoms with Crippen LogP contribution in [0.25, 0.3) is 11.3 Å². The van der Waals surface area contributed by atoms with Crippen LogP contribution in [0.4, 0.5) is 18.9 Å². The number of amides is 1. The number of nitrogens with zero attached hydrogens (tertiary/aromatic N) is 1. The summed E-state index contributed by atoms with van der Waals surface area (Å²) in [6.07, 6.45) is -3.06. The third-order valence-electron chi connectivity index (χ3n) is 3.65. The summed E-state index contributed by atoms with van der Waals surface area (Å²) in [5.41, 5.74) is -0.454. The minimum absolute atomic E-state index is 0.0506. The Hall–Kier alpha value is -3.33. The number of nitrogens with one attached hydrogen (secondary N) is 1. The normalized spacial score (nSPS) is 11.2. The summed E-state index contributed by atoms with van der Waals surface area (Å²) in [6, 6.07) is 10.1. The van der Waals surface area contributed by atoms with Gasteiger partial charge in [-0.3, -0.25) is 4.79 Å². The second-order valence-electron chi connectivity index (χ2n) is 5.71. The molecular weight excluding hydrogens is 413 g/mol. The highest BCUT2D eigenvalue weighted by molar-refractivity contribution is 6.32. The van der Waals surface area contributed by atoms with Crippen LogP contribution in [-0.4, -0.2) is 23.5 Å². The van der Waals surface area contributed by atoms with Crippen molar-refractivity contribution >= 4 is 29.2 Å². The highest BCUT2D eigenvalue weighted by Crippen LogP contribution is 2.32. The standard InChI is InChI=1S/C19H12ClF3N2O4/c20-17-13(5-2-8-24-17)25-16(26)10-28-18(27)15-7-6-14(29-15)11-3-1-4-12(9-11)19(21,22)23/h1-9H,10H2,(H,25,26). The molecule has 0 bridgehead atoms. The van der Waals surface area contributed by atoms with Crippen molar-refractivity contribution in [3.05, 3.63) is 71.2 Å². The van der Waals surface area contributed by atoms with Gasteiger partial charge in [-0.15, -0.1) is 0 Å². The molecule has 0 aliphatic rings. The number of halogens is 4. The molecular formula is C19H12ClF3N2O4. The first-order chi connectivity index (χ1) is 13.7. The van der Waals surface area contributed by atoms with Crippen LogP contribution < -0.4 is 5.32 Å². The number of ether oxygens (including phenoxy) is 1. The summed E-state index contributed by atoms with van der Waals surface area (Å²) in [4.78, 5) is 27.7. The monoisotopic (exact) mass is 424 g/mol. The fraction of sp³-hybridized carbons (Fsp3) is 0.105. The lowest BCUT2D eigenvalue weighted by molar-refractivity contribution is -0.137. The molecule has 0 aliphatic heterocycles. The number of esters is 1. The lowest BCUT2D eigenvalue weighted by Gasteiger charge is -2.07. The van der Waals surface area contributed by atoms with Crippen molar-refractivity contribution in [2.24, 2.45) is 0 Å². The maximum Gasteiger partial charge on any atom is 0.416 e. The van der Waals surface area contributed by atoms with Gasteiger partial charge >= 0.3 is 12.1 Å². The molecule has 29 heavy (non-hydrogen) atoms. The van der Waals surface area contributed by atoms with Gasteiger partial charge in [0.05, 0.1) is 11.3 Å². The van der Waals surface area contributed by atoms with E-state index in [1.807, 2.05) is 0 Å². The van der Waals surface area contributed by atoms with E-state index in [4.69, 9.17) is 20.8 Å². The summed E-state index contributed by atoms with van der Waals surface area (Å²) in [7, 11) is 0. The predicted molar refractivity (Wildman–Crippen MR) is 97.3 cm³/mol. The van der Waals surface area contributed by atoms with Crippen LogP contribution in [0.3, 0.4) is 0 Å². The van der Waals surface area contributed by atoms with E-state index in [2.05, 4.69) is 10.3 Å². The van der Waals surface area contributed by atoms with Gasteiger partial charge in [0.25, 0.3) is 5.91 Å². The van der Waals surface area contributed by atoms with Gasteiger partial charge in [0, 0.05) is 11.8 Å². The van der Waals surface area contributed by atoms with Crippen molar-refractivity contribution in [1.29, 1.82) is 0 Å². The van der Waals surface area contributed by atoms with Crippen molar-refractivity contribution in [3.63, 3.8) is 0 Å². The van der Waals surface area contributed by atoms with Crippen molar-refractivity contribution in [2.75, 3.05) is 11.9 Å². The van der Waals surface area contributed by atoms with E-state index in [1.165, 1.54) is 36.5 Å².